The molecule has 0 aromatic carbocycles. The molecular formula is C6H13FO3. The van der Waals surface area contributed by atoms with Gasteiger partial charge in [0.05, 0.1) is 25.2 Å². The van der Waals surface area contributed by atoms with Crippen LogP contribution in [0.4, 0.5) is 4.39 Å². The van der Waals surface area contributed by atoms with Crippen LogP contribution in [-0.2, 0) is 0 Å². The smallest absolute Gasteiger partial charge is 0.110 e. The van der Waals surface area contributed by atoms with Crippen molar-refractivity contribution in [3.63, 3.8) is 0 Å². The Kier molecular flexibility index (Phi) is 3.78. The quantitative estimate of drug-likeness (QED) is 0.499. The lowest BCUT2D eigenvalue weighted by molar-refractivity contribution is -0.0443. The van der Waals surface area contributed by atoms with Gasteiger partial charge in [-0.05, 0) is 6.92 Å². The predicted octanol–water partition coefficient (Wildman–Crippen LogP) is -0.692. The molecule has 0 aromatic heterocycles. The molecule has 0 aromatic rings. The highest BCUT2D eigenvalue weighted by atomic mass is 19.1. The van der Waals surface area contributed by atoms with Crippen molar-refractivity contribution in [2.45, 2.75) is 13.1 Å². The van der Waals surface area contributed by atoms with Gasteiger partial charge < -0.3 is 15.3 Å². The van der Waals surface area contributed by atoms with Crippen LogP contribution in [0.5, 0.6) is 0 Å². The van der Waals surface area contributed by atoms with Crippen molar-refractivity contribution in [1.82, 2.24) is 0 Å². The average Bonchev–Trinajstić information content (AvgIpc) is 1.92. The second-order valence-corrected chi connectivity index (χ2v) is 2.45. The Balaban J connectivity index is 4.15. The molecule has 3 N–H and O–H groups in total. The van der Waals surface area contributed by atoms with E-state index in [1.807, 2.05) is 0 Å². The highest BCUT2D eigenvalue weighted by Gasteiger charge is 2.34. The fourth-order valence-electron chi connectivity index (χ4n) is 0.527. The summed E-state index contributed by atoms with van der Waals surface area (Å²) in [6.45, 7) is -0.435. The van der Waals surface area contributed by atoms with Crippen LogP contribution in [-0.4, -0.2) is 41.3 Å². The van der Waals surface area contributed by atoms with E-state index in [0.29, 0.717) is 0 Å². The van der Waals surface area contributed by atoms with E-state index in [0.717, 1.165) is 0 Å². The van der Waals surface area contributed by atoms with Gasteiger partial charge in [-0.3, -0.25) is 0 Å². The molecule has 1 atom stereocenters. The molecule has 0 radical (unpaired) electrons. The SMILES string of the molecule is CC(F)C(CO)(CO)CO. The zero-order valence-corrected chi connectivity index (χ0v) is 5.92. The Morgan fingerprint density at radius 2 is 1.50 bits per heavy atom. The van der Waals surface area contributed by atoms with Crippen LogP contribution < -0.4 is 0 Å². The maximum atomic E-state index is 12.5. The number of aliphatic hydroxyl groups excluding tert-OH is 3. The summed E-state index contributed by atoms with van der Waals surface area (Å²) in [4.78, 5) is 0. The second-order valence-electron chi connectivity index (χ2n) is 2.45. The van der Waals surface area contributed by atoms with Crippen LogP contribution in [0.25, 0.3) is 0 Å². The minimum Gasteiger partial charge on any atom is -0.396 e. The third-order valence-electron chi connectivity index (χ3n) is 1.79. The summed E-state index contributed by atoms with van der Waals surface area (Å²) in [6, 6.07) is 0. The highest BCUT2D eigenvalue weighted by molar-refractivity contribution is 4.82. The van der Waals surface area contributed by atoms with Crippen molar-refractivity contribution < 1.29 is 19.7 Å². The monoisotopic (exact) mass is 152 g/mol. The molecule has 0 bridgehead atoms. The molecule has 0 spiro atoms. The fraction of sp³-hybridized carbons (Fsp3) is 1.00. The molecule has 0 saturated heterocycles. The van der Waals surface area contributed by atoms with Crippen LogP contribution in [0.3, 0.4) is 0 Å². The van der Waals surface area contributed by atoms with E-state index < -0.39 is 31.4 Å². The van der Waals surface area contributed by atoms with Gasteiger partial charge in [0.25, 0.3) is 0 Å². The van der Waals surface area contributed by atoms with Crippen LogP contribution in [0.15, 0.2) is 0 Å². The van der Waals surface area contributed by atoms with Gasteiger partial charge >= 0.3 is 0 Å². The van der Waals surface area contributed by atoms with Gasteiger partial charge in [0.2, 0.25) is 0 Å². The van der Waals surface area contributed by atoms with Gasteiger partial charge in [-0.1, -0.05) is 0 Å². The van der Waals surface area contributed by atoms with Gasteiger partial charge in [0.15, 0.2) is 0 Å². The van der Waals surface area contributed by atoms with E-state index >= 15 is 0 Å². The molecule has 10 heavy (non-hydrogen) atoms. The highest BCUT2D eigenvalue weighted by Crippen LogP contribution is 2.22. The number of hydrogen-bond acceptors (Lipinski definition) is 3. The molecule has 4 heteroatoms. The number of halogens is 1. The van der Waals surface area contributed by atoms with Crippen molar-refractivity contribution in [3.05, 3.63) is 0 Å². The Bertz CT molecular complexity index is 82.7. The lowest BCUT2D eigenvalue weighted by Gasteiger charge is -2.28. The van der Waals surface area contributed by atoms with Gasteiger partial charge in [-0.15, -0.1) is 0 Å². The van der Waals surface area contributed by atoms with Crippen molar-refractivity contribution >= 4 is 0 Å². The molecule has 0 aliphatic heterocycles. The number of aliphatic hydroxyl groups is 3. The number of rotatable bonds is 4. The summed E-state index contributed by atoms with van der Waals surface area (Å²) in [5.41, 5.74) is -1.38. The second kappa shape index (κ2) is 3.85. The van der Waals surface area contributed by atoms with Crippen LogP contribution in [0.2, 0.25) is 0 Å². The van der Waals surface area contributed by atoms with Crippen LogP contribution in [0.1, 0.15) is 6.92 Å². The molecule has 0 saturated carbocycles. The normalized spacial score (nSPS) is 15.3. The summed E-state index contributed by atoms with van der Waals surface area (Å²) in [6.07, 6.45) is -1.41. The minimum absolute atomic E-state index is 0.544. The molecule has 1 unspecified atom stereocenters. The Hall–Kier alpha value is -0.190. The van der Waals surface area contributed by atoms with E-state index in [2.05, 4.69) is 0 Å². The average molecular weight is 152 g/mol. The molecule has 0 fully saturated rings. The third-order valence-corrected chi connectivity index (χ3v) is 1.79. The molecule has 3 nitrogen and oxygen atoms in total. The van der Waals surface area contributed by atoms with Crippen molar-refractivity contribution in [2.24, 2.45) is 5.41 Å². The zero-order valence-electron chi connectivity index (χ0n) is 5.92. The molecule has 62 valence electrons. The summed E-state index contributed by atoms with van der Waals surface area (Å²) in [7, 11) is 0. The fourth-order valence-corrected chi connectivity index (χ4v) is 0.527. The van der Waals surface area contributed by atoms with E-state index in [9.17, 15) is 4.39 Å². The lowest BCUT2D eigenvalue weighted by Crippen LogP contribution is -2.41. The van der Waals surface area contributed by atoms with Gasteiger partial charge in [0.1, 0.15) is 6.17 Å². The van der Waals surface area contributed by atoms with E-state index in [1.54, 1.807) is 0 Å². The molecule has 0 aliphatic rings. The first-order chi connectivity index (χ1) is 4.63. The van der Waals surface area contributed by atoms with Crippen molar-refractivity contribution in [3.8, 4) is 0 Å². The molecule has 0 amide bonds. The standard InChI is InChI=1S/C6H13FO3/c1-5(7)6(2-8,3-9)4-10/h5,8-10H,2-4H2,1H3. The van der Waals surface area contributed by atoms with Gasteiger partial charge in [-0.2, -0.15) is 0 Å². The minimum atomic E-state index is -1.41. The Morgan fingerprint density at radius 3 is 1.50 bits per heavy atom. The van der Waals surface area contributed by atoms with Crippen molar-refractivity contribution in [2.75, 3.05) is 19.8 Å². The number of alkyl halides is 1. The topological polar surface area (TPSA) is 60.7 Å². The summed E-state index contributed by atoms with van der Waals surface area (Å²) in [5.74, 6) is 0. The molecule has 0 aliphatic carbocycles. The van der Waals surface area contributed by atoms with E-state index in [-0.39, 0.29) is 0 Å². The molecular weight excluding hydrogens is 139 g/mol. The Labute approximate surface area is 59.1 Å². The summed E-state index contributed by atoms with van der Waals surface area (Å²) < 4.78 is 12.5. The third kappa shape index (κ3) is 1.65. The van der Waals surface area contributed by atoms with E-state index in [4.69, 9.17) is 15.3 Å². The number of hydrogen-bond donors (Lipinski definition) is 3. The summed E-state index contributed by atoms with van der Waals surface area (Å²) in [5, 5.41) is 25.8. The molecule has 0 rings (SSSR count). The first-order valence-corrected chi connectivity index (χ1v) is 3.09. The zero-order chi connectivity index (χ0) is 8.20. The first kappa shape index (κ1) is 9.81. The van der Waals surface area contributed by atoms with Gasteiger partial charge in [-0.25, -0.2) is 4.39 Å². The van der Waals surface area contributed by atoms with Crippen LogP contribution >= 0.6 is 0 Å². The maximum Gasteiger partial charge on any atom is 0.110 e. The van der Waals surface area contributed by atoms with Gasteiger partial charge in [0, 0.05) is 0 Å². The first-order valence-electron chi connectivity index (χ1n) is 3.09. The maximum absolute atomic E-state index is 12.5. The van der Waals surface area contributed by atoms with Crippen molar-refractivity contribution in [1.29, 1.82) is 0 Å². The Morgan fingerprint density at radius 1 is 1.20 bits per heavy atom. The van der Waals surface area contributed by atoms with Crippen LogP contribution in [0, 0.1) is 5.41 Å². The molecule has 0 heterocycles. The summed E-state index contributed by atoms with van der Waals surface area (Å²) >= 11 is 0. The van der Waals surface area contributed by atoms with E-state index in [1.165, 1.54) is 6.92 Å². The largest absolute Gasteiger partial charge is 0.396 e. The predicted molar refractivity (Wildman–Crippen MR) is 34.3 cm³/mol. The lowest BCUT2D eigenvalue weighted by atomic mass is 9.86.